The molecule has 0 saturated carbocycles. The molecule has 4 rings (SSSR count). The lowest BCUT2D eigenvalue weighted by atomic mass is 10.0. The Kier molecular flexibility index (Phi) is 5.42. The number of nitrogens with zero attached hydrogens (tertiary/aromatic N) is 5. The Morgan fingerprint density at radius 1 is 1.23 bits per heavy atom. The second-order valence-electron chi connectivity index (χ2n) is 8.44. The van der Waals surface area contributed by atoms with E-state index < -0.39 is 14.6 Å². The Balaban J connectivity index is 1.86. The van der Waals surface area contributed by atoms with Crippen LogP contribution in [-0.2, 0) is 25.7 Å². The highest BCUT2D eigenvalue weighted by Gasteiger charge is 2.44. The number of rotatable bonds is 5. The van der Waals surface area contributed by atoms with Gasteiger partial charge >= 0.3 is 0 Å². The molecule has 2 aliphatic heterocycles. The molecule has 11 heteroatoms. The van der Waals surface area contributed by atoms with Gasteiger partial charge in [-0.3, -0.25) is 4.79 Å². The smallest absolute Gasteiger partial charge is 0.204 e. The van der Waals surface area contributed by atoms with Gasteiger partial charge in [0, 0.05) is 18.9 Å². The molecule has 0 radical (unpaired) electrons. The Morgan fingerprint density at radius 2 is 2.00 bits per heavy atom. The number of carbonyl (C=O) groups excluding carboxylic acids is 1. The van der Waals surface area contributed by atoms with Crippen molar-refractivity contribution in [1.82, 2.24) is 20.2 Å². The summed E-state index contributed by atoms with van der Waals surface area (Å²) >= 11 is 0. The van der Waals surface area contributed by atoms with Gasteiger partial charge in [-0.2, -0.15) is 10.2 Å². The molecule has 0 N–H and O–H groups in total. The maximum absolute atomic E-state index is 13.1. The monoisotopic (exact) mass is 447 g/mol. The van der Waals surface area contributed by atoms with Crippen molar-refractivity contribution in [2.24, 2.45) is 0 Å². The van der Waals surface area contributed by atoms with E-state index in [1.165, 1.54) is 12.4 Å². The van der Waals surface area contributed by atoms with Gasteiger partial charge in [0.1, 0.15) is 17.0 Å². The lowest BCUT2D eigenvalue weighted by Gasteiger charge is -2.45. The fourth-order valence-electron chi connectivity index (χ4n) is 3.73. The molecule has 2 atom stereocenters. The van der Waals surface area contributed by atoms with Crippen molar-refractivity contribution in [1.29, 1.82) is 0 Å². The predicted octanol–water partition coefficient (Wildman–Crippen LogP) is 0.958. The number of ketones is 1. The standard InChI is InChI=1S/C20H25N5O5S/c1-12-9-29-10-14-11-30-16-17(20(2,3)31(4,27)28)23-18(24-19(16)25(12)14)15(26)7-13-5-6-21-22-8-13/h5-6,8,12,14H,7,9-11H2,1-4H3/t12-,14+/m1/s1. The molecule has 10 nitrogen and oxygen atoms in total. The molecule has 1 saturated heterocycles. The van der Waals surface area contributed by atoms with E-state index in [0.717, 1.165) is 6.26 Å². The van der Waals surface area contributed by atoms with Crippen LogP contribution in [0, 0.1) is 0 Å². The number of anilines is 1. The average Bonchev–Trinajstić information content (AvgIpc) is 2.72. The molecule has 0 spiro atoms. The average molecular weight is 448 g/mol. The summed E-state index contributed by atoms with van der Waals surface area (Å²) < 4.78 is 35.4. The second-order valence-corrected chi connectivity index (χ2v) is 11.0. The molecule has 2 aromatic heterocycles. The minimum atomic E-state index is -3.58. The van der Waals surface area contributed by atoms with E-state index in [4.69, 9.17) is 9.47 Å². The van der Waals surface area contributed by atoms with Crippen LogP contribution in [0.2, 0.25) is 0 Å². The predicted molar refractivity (Wildman–Crippen MR) is 112 cm³/mol. The van der Waals surface area contributed by atoms with Crippen LogP contribution in [0.3, 0.4) is 0 Å². The molecule has 4 heterocycles. The van der Waals surface area contributed by atoms with Gasteiger partial charge in [-0.15, -0.1) is 0 Å². The number of hydrogen-bond acceptors (Lipinski definition) is 10. The molecule has 2 aromatic rings. The van der Waals surface area contributed by atoms with Crippen LogP contribution < -0.4 is 9.64 Å². The number of hydrogen-bond donors (Lipinski definition) is 0. The zero-order chi connectivity index (χ0) is 22.4. The van der Waals surface area contributed by atoms with Crippen LogP contribution in [0.5, 0.6) is 5.75 Å². The van der Waals surface area contributed by atoms with Crippen molar-refractivity contribution in [3.63, 3.8) is 0 Å². The number of Topliss-reactive ketones (excluding diaryl/α,β-unsaturated/α-hetero) is 1. The minimum Gasteiger partial charge on any atom is -0.486 e. The van der Waals surface area contributed by atoms with E-state index in [9.17, 15) is 13.2 Å². The molecule has 0 bridgehead atoms. The fourth-order valence-corrected chi connectivity index (χ4v) is 4.22. The largest absolute Gasteiger partial charge is 0.486 e. The Bertz CT molecular complexity index is 1110. The normalized spacial score (nSPS) is 21.1. The summed E-state index contributed by atoms with van der Waals surface area (Å²) in [5, 5.41) is 7.51. The van der Waals surface area contributed by atoms with Crippen molar-refractivity contribution in [3.8, 4) is 5.75 Å². The lowest BCUT2D eigenvalue weighted by Crippen LogP contribution is -2.56. The molecule has 2 aliphatic rings. The van der Waals surface area contributed by atoms with E-state index in [1.807, 2.05) is 6.92 Å². The highest BCUT2D eigenvalue weighted by atomic mass is 32.2. The van der Waals surface area contributed by atoms with Gasteiger partial charge in [-0.05, 0) is 32.4 Å². The highest BCUT2D eigenvalue weighted by Crippen LogP contribution is 2.43. The van der Waals surface area contributed by atoms with Crippen LogP contribution in [0.15, 0.2) is 18.5 Å². The molecular formula is C20H25N5O5S. The van der Waals surface area contributed by atoms with E-state index in [1.54, 1.807) is 19.9 Å². The van der Waals surface area contributed by atoms with E-state index in [-0.39, 0.29) is 35.8 Å². The van der Waals surface area contributed by atoms with Crippen LogP contribution >= 0.6 is 0 Å². The van der Waals surface area contributed by atoms with Crippen molar-refractivity contribution in [3.05, 3.63) is 35.5 Å². The number of aromatic nitrogens is 4. The number of ether oxygens (including phenoxy) is 2. The van der Waals surface area contributed by atoms with Gasteiger partial charge in [0.2, 0.25) is 5.78 Å². The third-order valence-corrected chi connectivity index (χ3v) is 7.85. The van der Waals surface area contributed by atoms with Gasteiger partial charge in [0.05, 0.1) is 31.5 Å². The van der Waals surface area contributed by atoms with Crippen molar-refractivity contribution in [2.75, 3.05) is 31.0 Å². The first-order chi connectivity index (χ1) is 14.6. The molecular weight excluding hydrogens is 422 g/mol. The van der Waals surface area contributed by atoms with Crippen molar-refractivity contribution in [2.45, 2.75) is 44.0 Å². The Labute approximate surface area is 180 Å². The number of fused-ring (bicyclic) bond motifs is 3. The SMILES string of the molecule is C[C@@H]1COC[C@H]2COc3c(nc(C(=O)Cc4ccnnc4)nc3C(C)(C)S(C)(=O)=O)N21. The molecule has 0 aromatic carbocycles. The zero-order valence-electron chi connectivity index (χ0n) is 17.9. The maximum Gasteiger partial charge on any atom is 0.204 e. The first-order valence-corrected chi connectivity index (χ1v) is 11.9. The number of morpholine rings is 1. The van der Waals surface area contributed by atoms with Crippen LogP contribution in [0.1, 0.15) is 42.6 Å². The van der Waals surface area contributed by atoms with Crippen LogP contribution in [0.4, 0.5) is 5.82 Å². The molecule has 0 unspecified atom stereocenters. The first kappa shape index (κ1) is 21.6. The third kappa shape index (κ3) is 3.87. The molecule has 0 amide bonds. The van der Waals surface area contributed by atoms with E-state index in [2.05, 4.69) is 25.1 Å². The third-order valence-electron chi connectivity index (χ3n) is 5.81. The fraction of sp³-hybridized carbons (Fsp3) is 0.550. The topological polar surface area (TPSA) is 124 Å². The van der Waals surface area contributed by atoms with Crippen molar-refractivity contribution >= 4 is 21.4 Å². The lowest BCUT2D eigenvalue weighted by molar-refractivity contribution is 0.0481. The minimum absolute atomic E-state index is 0.0159. The Morgan fingerprint density at radius 3 is 2.68 bits per heavy atom. The number of carbonyl (C=O) groups is 1. The zero-order valence-corrected chi connectivity index (χ0v) is 18.7. The van der Waals surface area contributed by atoms with Crippen LogP contribution in [0.25, 0.3) is 0 Å². The summed E-state index contributed by atoms with van der Waals surface area (Å²) in [6.07, 6.45) is 4.17. The maximum atomic E-state index is 13.1. The van der Waals surface area contributed by atoms with E-state index in [0.29, 0.717) is 37.0 Å². The molecule has 31 heavy (non-hydrogen) atoms. The van der Waals surface area contributed by atoms with Crippen LogP contribution in [-0.4, -0.2) is 72.5 Å². The summed E-state index contributed by atoms with van der Waals surface area (Å²) in [6, 6.07) is 1.60. The summed E-state index contributed by atoms with van der Waals surface area (Å²) in [5.41, 5.74) is 0.854. The molecule has 166 valence electrons. The summed E-state index contributed by atoms with van der Waals surface area (Å²) in [6.45, 7) is 6.40. The highest BCUT2D eigenvalue weighted by molar-refractivity contribution is 7.91. The van der Waals surface area contributed by atoms with Gasteiger partial charge < -0.3 is 14.4 Å². The number of sulfone groups is 1. The first-order valence-electron chi connectivity index (χ1n) is 9.99. The van der Waals surface area contributed by atoms with Crippen molar-refractivity contribution < 1.29 is 22.7 Å². The quantitative estimate of drug-likeness (QED) is 0.612. The van der Waals surface area contributed by atoms with E-state index >= 15 is 0 Å². The van der Waals surface area contributed by atoms with Gasteiger partial charge in [0.25, 0.3) is 0 Å². The molecule has 1 fully saturated rings. The second kappa shape index (κ2) is 7.79. The Hall–Kier alpha value is -2.66. The van der Waals surface area contributed by atoms with Gasteiger partial charge in [-0.1, -0.05) is 0 Å². The van der Waals surface area contributed by atoms with Gasteiger partial charge in [-0.25, -0.2) is 18.4 Å². The summed E-state index contributed by atoms with van der Waals surface area (Å²) in [5.74, 6) is 0.349. The van der Waals surface area contributed by atoms with Gasteiger partial charge in [0.15, 0.2) is 27.2 Å². The summed E-state index contributed by atoms with van der Waals surface area (Å²) in [7, 11) is -3.58. The molecule has 0 aliphatic carbocycles. The summed E-state index contributed by atoms with van der Waals surface area (Å²) in [4.78, 5) is 24.1.